The van der Waals surface area contributed by atoms with E-state index in [4.69, 9.17) is 5.11 Å². The second-order valence-corrected chi connectivity index (χ2v) is 4.24. The van der Waals surface area contributed by atoms with E-state index in [-0.39, 0.29) is 6.61 Å². The summed E-state index contributed by atoms with van der Waals surface area (Å²) in [4.78, 5) is 6.82. The lowest BCUT2D eigenvalue weighted by molar-refractivity contribution is 0.280. The maximum atomic E-state index is 9.10. The number of aliphatic hydroxyl groups is 1. The van der Waals surface area contributed by atoms with Gasteiger partial charge in [-0.05, 0) is 31.4 Å². The van der Waals surface area contributed by atoms with Crippen LogP contribution in [-0.2, 0) is 6.61 Å². The van der Waals surface area contributed by atoms with Crippen molar-refractivity contribution in [1.82, 2.24) is 4.98 Å². The molecule has 1 saturated carbocycles. The Morgan fingerprint density at radius 1 is 1.56 bits per heavy atom. The summed E-state index contributed by atoms with van der Waals surface area (Å²) >= 11 is 0. The lowest BCUT2D eigenvalue weighted by atomic mass is 10.2. The number of hydrogen-bond acceptors (Lipinski definition) is 3. The summed E-state index contributed by atoms with van der Waals surface area (Å²) in [6.45, 7) is 6.62. The fourth-order valence-electron chi connectivity index (χ4n) is 1.86. The second-order valence-electron chi connectivity index (χ2n) is 4.24. The molecule has 16 heavy (non-hydrogen) atoms. The molecule has 1 aromatic heterocycles. The van der Waals surface area contributed by atoms with E-state index in [0.717, 1.165) is 23.6 Å². The molecule has 86 valence electrons. The van der Waals surface area contributed by atoms with Crippen LogP contribution in [0.2, 0.25) is 0 Å². The van der Waals surface area contributed by atoms with Crippen molar-refractivity contribution < 1.29 is 5.11 Å². The van der Waals surface area contributed by atoms with Crippen LogP contribution in [-0.4, -0.2) is 22.7 Å². The molecule has 0 aromatic carbocycles. The first-order chi connectivity index (χ1) is 7.76. The van der Waals surface area contributed by atoms with Crippen LogP contribution >= 0.6 is 0 Å². The number of anilines is 1. The topological polar surface area (TPSA) is 36.4 Å². The first-order valence-electron chi connectivity index (χ1n) is 5.71. The highest BCUT2D eigenvalue weighted by atomic mass is 16.3. The third-order valence-electron chi connectivity index (χ3n) is 2.96. The number of rotatable bonds is 5. The Kier molecular flexibility index (Phi) is 3.25. The minimum atomic E-state index is 0.0595. The van der Waals surface area contributed by atoms with Gasteiger partial charge < -0.3 is 10.0 Å². The van der Waals surface area contributed by atoms with Crippen LogP contribution in [0.3, 0.4) is 0 Å². The van der Waals surface area contributed by atoms with Crippen molar-refractivity contribution in [2.24, 2.45) is 0 Å². The Morgan fingerprint density at radius 2 is 2.31 bits per heavy atom. The summed E-state index contributed by atoms with van der Waals surface area (Å²) in [7, 11) is 0. The van der Waals surface area contributed by atoms with Gasteiger partial charge in [0.1, 0.15) is 5.82 Å². The van der Waals surface area contributed by atoms with Gasteiger partial charge in [0, 0.05) is 18.3 Å². The standard InChI is InChI=1S/C13H18N2O/c1-3-8-15(12-5-6-12)13-7-4-11(9-16)10(2)14-13/h3-4,7,12,16H,1,5-6,8-9H2,2H3. The molecule has 1 N–H and O–H groups in total. The molecule has 3 nitrogen and oxygen atoms in total. The van der Waals surface area contributed by atoms with E-state index in [9.17, 15) is 0 Å². The molecule has 1 aliphatic rings. The Labute approximate surface area is 96.4 Å². The zero-order valence-electron chi connectivity index (χ0n) is 9.69. The van der Waals surface area contributed by atoms with Gasteiger partial charge in [0.25, 0.3) is 0 Å². The molecule has 1 fully saturated rings. The second kappa shape index (κ2) is 4.66. The molecule has 1 aliphatic carbocycles. The third-order valence-corrected chi connectivity index (χ3v) is 2.96. The van der Waals surface area contributed by atoms with E-state index < -0.39 is 0 Å². The van der Waals surface area contributed by atoms with Gasteiger partial charge in [-0.2, -0.15) is 0 Å². The van der Waals surface area contributed by atoms with Gasteiger partial charge in [0.15, 0.2) is 0 Å². The van der Waals surface area contributed by atoms with E-state index in [1.54, 1.807) is 0 Å². The Balaban J connectivity index is 2.23. The Hall–Kier alpha value is -1.35. The molecular formula is C13H18N2O. The molecule has 1 heterocycles. The fourth-order valence-corrected chi connectivity index (χ4v) is 1.86. The van der Waals surface area contributed by atoms with Crippen LogP contribution < -0.4 is 4.90 Å². The van der Waals surface area contributed by atoms with Crippen molar-refractivity contribution in [3.05, 3.63) is 36.0 Å². The largest absolute Gasteiger partial charge is 0.392 e. The average Bonchev–Trinajstić information content (AvgIpc) is 3.09. The monoisotopic (exact) mass is 218 g/mol. The molecule has 0 spiro atoms. The van der Waals surface area contributed by atoms with E-state index in [0.29, 0.717) is 6.04 Å². The van der Waals surface area contributed by atoms with Gasteiger partial charge in [0.2, 0.25) is 0 Å². The van der Waals surface area contributed by atoms with Crippen LogP contribution in [0.4, 0.5) is 5.82 Å². The molecule has 0 amide bonds. The number of nitrogens with zero attached hydrogens (tertiary/aromatic N) is 2. The number of aromatic nitrogens is 1. The summed E-state index contributed by atoms with van der Waals surface area (Å²) in [5.41, 5.74) is 1.81. The van der Waals surface area contributed by atoms with E-state index >= 15 is 0 Å². The molecule has 0 aliphatic heterocycles. The van der Waals surface area contributed by atoms with Crippen LogP contribution in [0.5, 0.6) is 0 Å². The van der Waals surface area contributed by atoms with Gasteiger partial charge >= 0.3 is 0 Å². The third kappa shape index (κ3) is 2.25. The van der Waals surface area contributed by atoms with Crippen molar-refractivity contribution >= 4 is 5.82 Å². The van der Waals surface area contributed by atoms with Crippen molar-refractivity contribution in [2.75, 3.05) is 11.4 Å². The number of aryl methyl sites for hydroxylation is 1. The highest BCUT2D eigenvalue weighted by Gasteiger charge is 2.29. The number of pyridine rings is 1. The Morgan fingerprint density at radius 3 is 2.81 bits per heavy atom. The van der Waals surface area contributed by atoms with Crippen molar-refractivity contribution in [1.29, 1.82) is 0 Å². The molecule has 0 saturated heterocycles. The molecule has 2 rings (SSSR count). The minimum Gasteiger partial charge on any atom is -0.392 e. The van der Waals surface area contributed by atoms with E-state index in [1.165, 1.54) is 12.8 Å². The molecular weight excluding hydrogens is 200 g/mol. The molecule has 0 radical (unpaired) electrons. The first-order valence-corrected chi connectivity index (χ1v) is 5.71. The normalized spacial score (nSPS) is 14.9. The number of aliphatic hydroxyl groups excluding tert-OH is 1. The highest BCUT2D eigenvalue weighted by Crippen LogP contribution is 2.30. The zero-order chi connectivity index (χ0) is 11.5. The predicted molar refractivity (Wildman–Crippen MR) is 65.5 cm³/mol. The summed E-state index contributed by atoms with van der Waals surface area (Å²) in [6, 6.07) is 4.57. The molecule has 1 aromatic rings. The quantitative estimate of drug-likeness (QED) is 0.768. The Bertz CT molecular complexity index is 386. The van der Waals surface area contributed by atoms with Crippen molar-refractivity contribution in [2.45, 2.75) is 32.4 Å². The van der Waals surface area contributed by atoms with E-state index in [2.05, 4.69) is 16.5 Å². The summed E-state index contributed by atoms with van der Waals surface area (Å²) < 4.78 is 0. The molecule has 0 unspecified atom stereocenters. The molecule has 0 atom stereocenters. The number of hydrogen-bond donors (Lipinski definition) is 1. The first kappa shape index (κ1) is 11.1. The smallest absolute Gasteiger partial charge is 0.129 e. The summed E-state index contributed by atoms with van der Waals surface area (Å²) in [6.07, 6.45) is 4.40. The lowest BCUT2D eigenvalue weighted by Gasteiger charge is -2.22. The van der Waals surface area contributed by atoms with Gasteiger partial charge in [-0.25, -0.2) is 4.98 Å². The lowest BCUT2D eigenvalue weighted by Crippen LogP contribution is -2.26. The summed E-state index contributed by atoms with van der Waals surface area (Å²) in [5.74, 6) is 0.997. The van der Waals surface area contributed by atoms with Crippen LogP contribution in [0, 0.1) is 6.92 Å². The minimum absolute atomic E-state index is 0.0595. The van der Waals surface area contributed by atoms with Gasteiger partial charge in [0.05, 0.1) is 6.61 Å². The highest BCUT2D eigenvalue weighted by molar-refractivity contribution is 5.44. The maximum absolute atomic E-state index is 9.10. The van der Waals surface area contributed by atoms with Crippen molar-refractivity contribution in [3.63, 3.8) is 0 Å². The van der Waals surface area contributed by atoms with Gasteiger partial charge in [-0.3, -0.25) is 0 Å². The van der Waals surface area contributed by atoms with Crippen molar-refractivity contribution in [3.8, 4) is 0 Å². The summed E-state index contributed by atoms with van der Waals surface area (Å²) in [5, 5.41) is 9.10. The molecule has 3 heteroatoms. The van der Waals surface area contributed by atoms with Crippen LogP contribution in [0.1, 0.15) is 24.1 Å². The van der Waals surface area contributed by atoms with Gasteiger partial charge in [-0.15, -0.1) is 6.58 Å². The SMILES string of the molecule is C=CCN(c1ccc(CO)c(C)n1)C1CC1. The molecule has 0 bridgehead atoms. The van der Waals surface area contributed by atoms with E-state index in [1.807, 2.05) is 25.1 Å². The van der Waals surface area contributed by atoms with Crippen LogP contribution in [0.25, 0.3) is 0 Å². The fraction of sp³-hybridized carbons (Fsp3) is 0.462. The van der Waals surface area contributed by atoms with Gasteiger partial charge in [-0.1, -0.05) is 12.1 Å². The maximum Gasteiger partial charge on any atom is 0.129 e. The predicted octanol–water partition coefficient (Wildman–Crippen LogP) is 2.04. The van der Waals surface area contributed by atoms with Crippen LogP contribution in [0.15, 0.2) is 24.8 Å². The average molecular weight is 218 g/mol. The zero-order valence-corrected chi connectivity index (χ0v) is 9.69.